The lowest BCUT2D eigenvalue weighted by Crippen LogP contribution is -2.48. The van der Waals surface area contributed by atoms with Gasteiger partial charge in [0.15, 0.2) is 0 Å². The van der Waals surface area contributed by atoms with Crippen LogP contribution in [0.1, 0.15) is 29.7 Å². The number of hydrogen-bond donors (Lipinski definition) is 2. The number of aliphatic hydroxyl groups is 1. The summed E-state index contributed by atoms with van der Waals surface area (Å²) >= 11 is 6.32. The lowest BCUT2D eigenvalue weighted by molar-refractivity contribution is -0.364. The maximum atomic E-state index is 12.0. The second-order valence-corrected chi connectivity index (χ2v) is 6.61. The van der Waals surface area contributed by atoms with Gasteiger partial charge in [-0.2, -0.15) is 0 Å². The van der Waals surface area contributed by atoms with Crippen molar-refractivity contribution in [2.45, 2.75) is 25.4 Å². The Kier molecular flexibility index (Phi) is 5.21. The molecular weight excluding hydrogens is 374 g/mol. The van der Waals surface area contributed by atoms with E-state index in [-0.39, 0.29) is 22.9 Å². The van der Waals surface area contributed by atoms with Gasteiger partial charge >= 0.3 is 5.91 Å². The summed E-state index contributed by atoms with van der Waals surface area (Å²) in [5.41, 5.74) is 1.33. The van der Waals surface area contributed by atoms with Crippen LogP contribution in [0.3, 0.4) is 0 Å². The van der Waals surface area contributed by atoms with Gasteiger partial charge in [0.1, 0.15) is 11.9 Å². The number of carbonyl (C=O) groups is 2. The molecule has 142 valence electrons. The first-order valence-corrected chi connectivity index (χ1v) is 8.50. The minimum Gasteiger partial charge on any atom is -0.508 e. The molecule has 27 heavy (non-hydrogen) atoms. The van der Waals surface area contributed by atoms with Gasteiger partial charge in [-0.05, 0) is 29.3 Å². The first-order chi connectivity index (χ1) is 12.7. The number of ketones is 1. The van der Waals surface area contributed by atoms with Crippen molar-refractivity contribution < 1.29 is 29.4 Å². The van der Waals surface area contributed by atoms with Crippen LogP contribution in [0.5, 0.6) is 5.75 Å². The Bertz CT molecular complexity index is 884. The summed E-state index contributed by atoms with van der Waals surface area (Å²) in [6.07, 6.45) is -1.06. The molecule has 0 aromatic heterocycles. The highest BCUT2D eigenvalue weighted by Gasteiger charge is 2.50. The van der Waals surface area contributed by atoms with Crippen molar-refractivity contribution in [2.75, 3.05) is 7.05 Å². The SMILES string of the molecule is CC(=O)C(=O)N(C)OC1(O)c2c(Cl)cccc2COC1c1ccc(O)cc1. The Morgan fingerprint density at radius 2 is 1.93 bits per heavy atom. The Labute approximate surface area is 160 Å². The Morgan fingerprint density at radius 3 is 2.56 bits per heavy atom. The monoisotopic (exact) mass is 391 g/mol. The number of rotatable bonds is 4. The number of phenols is 1. The van der Waals surface area contributed by atoms with Crippen molar-refractivity contribution in [3.05, 3.63) is 64.2 Å². The third-order valence-corrected chi connectivity index (χ3v) is 4.59. The maximum Gasteiger partial charge on any atom is 0.313 e. The molecule has 0 saturated carbocycles. The maximum absolute atomic E-state index is 12.0. The van der Waals surface area contributed by atoms with Crippen LogP contribution in [-0.2, 0) is 31.6 Å². The lowest BCUT2D eigenvalue weighted by atomic mass is 9.88. The van der Waals surface area contributed by atoms with Gasteiger partial charge in [-0.3, -0.25) is 9.59 Å². The van der Waals surface area contributed by atoms with Crippen LogP contribution in [0.25, 0.3) is 0 Å². The van der Waals surface area contributed by atoms with Gasteiger partial charge in [-0.25, -0.2) is 9.90 Å². The smallest absolute Gasteiger partial charge is 0.313 e. The third kappa shape index (κ3) is 3.54. The van der Waals surface area contributed by atoms with E-state index < -0.39 is 23.6 Å². The van der Waals surface area contributed by atoms with E-state index in [2.05, 4.69) is 0 Å². The number of fused-ring (bicyclic) bond motifs is 1. The number of ether oxygens (including phenoxy) is 1. The van der Waals surface area contributed by atoms with E-state index in [0.717, 1.165) is 6.92 Å². The first-order valence-electron chi connectivity index (χ1n) is 8.12. The Hall–Kier alpha value is -2.45. The highest BCUT2D eigenvalue weighted by Crippen LogP contribution is 2.47. The minimum absolute atomic E-state index is 0.0429. The minimum atomic E-state index is -2.18. The molecule has 1 aliphatic heterocycles. The number of benzene rings is 2. The molecule has 8 heteroatoms. The summed E-state index contributed by atoms with van der Waals surface area (Å²) < 4.78 is 5.80. The second kappa shape index (κ2) is 7.28. The standard InChI is InChI=1S/C19H18ClNO6/c1-11(22)18(24)21(2)27-19(25)16-13(4-3-5-15(16)20)10-26-17(19)12-6-8-14(23)9-7-12/h3-9,17,23,25H,10H2,1-2H3. The van der Waals surface area contributed by atoms with Crippen LogP contribution in [-0.4, -0.2) is 34.0 Å². The molecular formula is C19H18ClNO6. The van der Waals surface area contributed by atoms with Crippen LogP contribution in [0, 0.1) is 0 Å². The predicted octanol–water partition coefficient (Wildman–Crippen LogP) is 2.44. The molecule has 1 heterocycles. The van der Waals surface area contributed by atoms with Crippen LogP contribution >= 0.6 is 11.6 Å². The molecule has 0 aliphatic carbocycles. The Morgan fingerprint density at radius 1 is 1.26 bits per heavy atom. The van der Waals surface area contributed by atoms with Gasteiger partial charge in [0, 0.05) is 24.6 Å². The second-order valence-electron chi connectivity index (χ2n) is 6.20. The summed E-state index contributed by atoms with van der Waals surface area (Å²) in [7, 11) is 1.22. The largest absolute Gasteiger partial charge is 0.508 e. The van der Waals surface area contributed by atoms with Crippen molar-refractivity contribution in [1.82, 2.24) is 5.06 Å². The number of halogens is 1. The van der Waals surface area contributed by atoms with Crippen molar-refractivity contribution in [1.29, 1.82) is 0 Å². The van der Waals surface area contributed by atoms with E-state index in [1.807, 2.05) is 0 Å². The van der Waals surface area contributed by atoms with Crippen molar-refractivity contribution in [2.24, 2.45) is 0 Å². The fourth-order valence-corrected chi connectivity index (χ4v) is 3.37. The number of carbonyl (C=O) groups excluding carboxylic acids is 2. The van der Waals surface area contributed by atoms with E-state index in [1.54, 1.807) is 30.3 Å². The van der Waals surface area contributed by atoms with Crippen molar-refractivity contribution >= 4 is 23.3 Å². The molecule has 0 spiro atoms. The Balaban J connectivity index is 2.11. The number of likely N-dealkylation sites (N-methyl/N-ethyl adjacent to an activating group) is 1. The van der Waals surface area contributed by atoms with Gasteiger partial charge in [-0.1, -0.05) is 35.9 Å². The first kappa shape index (κ1) is 19.3. The number of Topliss-reactive ketones (excluding diaryl/α,β-unsaturated/α-hetero) is 1. The number of aromatic hydroxyl groups is 1. The molecule has 3 rings (SSSR count). The number of phenolic OH excluding ortho intramolecular Hbond substituents is 1. The van der Waals surface area contributed by atoms with Gasteiger partial charge in [0.05, 0.1) is 6.61 Å². The molecule has 0 bridgehead atoms. The predicted molar refractivity (Wildman–Crippen MR) is 95.5 cm³/mol. The average molecular weight is 392 g/mol. The van der Waals surface area contributed by atoms with Gasteiger partial charge in [-0.15, -0.1) is 0 Å². The number of hydroxylamine groups is 2. The highest BCUT2D eigenvalue weighted by molar-refractivity contribution is 6.34. The molecule has 2 unspecified atom stereocenters. The van der Waals surface area contributed by atoms with Crippen molar-refractivity contribution in [3.63, 3.8) is 0 Å². The molecule has 0 fully saturated rings. The fraction of sp³-hybridized carbons (Fsp3) is 0.263. The quantitative estimate of drug-likeness (QED) is 0.472. The van der Waals surface area contributed by atoms with Gasteiger partial charge < -0.3 is 14.9 Å². The molecule has 2 aromatic carbocycles. The lowest BCUT2D eigenvalue weighted by Gasteiger charge is -2.42. The number of hydrogen-bond acceptors (Lipinski definition) is 6. The molecule has 7 nitrogen and oxygen atoms in total. The van der Waals surface area contributed by atoms with Crippen LogP contribution in [0.2, 0.25) is 5.02 Å². The number of amides is 1. The summed E-state index contributed by atoms with van der Waals surface area (Å²) in [5.74, 6) is -3.82. The van der Waals surface area contributed by atoms with E-state index in [0.29, 0.717) is 16.2 Å². The normalized spacial score (nSPS) is 21.4. The van der Waals surface area contributed by atoms with E-state index >= 15 is 0 Å². The van der Waals surface area contributed by atoms with Crippen LogP contribution in [0.4, 0.5) is 0 Å². The van der Waals surface area contributed by atoms with Crippen molar-refractivity contribution in [3.8, 4) is 5.75 Å². The van der Waals surface area contributed by atoms with Crippen LogP contribution in [0.15, 0.2) is 42.5 Å². The molecule has 1 amide bonds. The molecule has 2 aromatic rings. The third-order valence-electron chi connectivity index (χ3n) is 4.28. The van der Waals surface area contributed by atoms with Crippen LogP contribution < -0.4 is 0 Å². The fourth-order valence-electron chi connectivity index (χ4n) is 3.04. The van der Waals surface area contributed by atoms with E-state index in [9.17, 15) is 19.8 Å². The topological polar surface area (TPSA) is 96.3 Å². The summed E-state index contributed by atoms with van der Waals surface area (Å²) in [4.78, 5) is 28.9. The molecule has 1 aliphatic rings. The van der Waals surface area contributed by atoms with E-state index in [1.165, 1.54) is 19.2 Å². The van der Waals surface area contributed by atoms with Gasteiger partial charge in [0.25, 0.3) is 5.79 Å². The summed E-state index contributed by atoms with van der Waals surface area (Å²) in [5, 5.41) is 21.9. The molecule has 2 atom stereocenters. The zero-order valence-corrected chi connectivity index (χ0v) is 15.4. The zero-order valence-electron chi connectivity index (χ0n) is 14.7. The van der Waals surface area contributed by atoms with E-state index in [4.69, 9.17) is 21.2 Å². The average Bonchev–Trinajstić information content (AvgIpc) is 2.62. The summed E-state index contributed by atoms with van der Waals surface area (Å²) in [6.45, 7) is 1.25. The summed E-state index contributed by atoms with van der Waals surface area (Å²) in [6, 6.07) is 11.0. The molecule has 0 radical (unpaired) electrons. The van der Waals surface area contributed by atoms with Gasteiger partial charge in [0.2, 0.25) is 5.78 Å². The molecule has 2 N–H and O–H groups in total. The molecule has 0 saturated heterocycles. The highest BCUT2D eigenvalue weighted by atomic mass is 35.5. The zero-order chi connectivity index (χ0) is 19.8. The number of nitrogens with zero attached hydrogens (tertiary/aromatic N) is 1.